The third-order valence-electron chi connectivity index (χ3n) is 4.49. The third-order valence-corrected chi connectivity index (χ3v) is 6.05. The fourth-order valence-corrected chi connectivity index (χ4v) is 4.77. The van der Waals surface area contributed by atoms with Gasteiger partial charge in [-0.1, -0.05) is 41.9 Å². The van der Waals surface area contributed by atoms with Gasteiger partial charge < -0.3 is 9.47 Å². The van der Waals surface area contributed by atoms with Crippen molar-refractivity contribution in [1.82, 2.24) is 4.90 Å². The Morgan fingerprint density at radius 3 is 2.71 bits per heavy atom. The zero-order valence-electron chi connectivity index (χ0n) is 13.4. The molecule has 1 atom stereocenters. The number of para-hydroxylation sites is 2. The third kappa shape index (κ3) is 3.29. The first-order chi connectivity index (χ1) is 11.8. The molecule has 0 aliphatic carbocycles. The Balaban J connectivity index is 1.54. The van der Waals surface area contributed by atoms with Crippen LogP contribution in [0.3, 0.4) is 0 Å². The minimum atomic E-state index is 0.268. The number of benzene rings is 2. The van der Waals surface area contributed by atoms with E-state index in [2.05, 4.69) is 23.1 Å². The molecule has 0 radical (unpaired) electrons. The van der Waals surface area contributed by atoms with E-state index in [0.29, 0.717) is 5.02 Å². The maximum absolute atomic E-state index is 6.37. The molecule has 2 aromatic carbocycles. The van der Waals surface area contributed by atoms with Crippen molar-refractivity contribution in [2.24, 2.45) is 0 Å². The maximum atomic E-state index is 6.37. The van der Waals surface area contributed by atoms with E-state index in [4.69, 9.17) is 21.1 Å². The van der Waals surface area contributed by atoms with Crippen molar-refractivity contribution in [3.05, 3.63) is 58.6 Å². The molecular formula is C19H20ClNO2S. The van der Waals surface area contributed by atoms with Gasteiger partial charge in [-0.2, -0.15) is 0 Å². The van der Waals surface area contributed by atoms with Crippen LogP contribution in [0, 0.1) is 0 Å². The molecule has 1 unspecified atom stereocenters. The zero-order valence-corrected chi connectivity index (χ0v) is 15.0. The van der Waals surface area contributed by atoms with Gasteiger partial charge in [-0.3, -0.25) is 4.90 Å². The summed E-state index contributed by atoms with van der Waals surface area (Å²) in [7, 11) is 0. The molecule has 24 heavy (non-hydrogen) atoms. The number of morpholine rings is 1. The summed E-state index contributed by atoms with van der Waals surface area (Å²) in [5, 5.41) is 0.950. The minimum Gasteiger partial charge on any atom is -0.455 e. The number of halogens is 1. The Morgan fingerprint density at radius 2 is 1.83 bits per heavy atom. The summed E-state index contributed by atoms with van der Waals surface area (Å²) in [5.74, 6) is 2.80. The number of ether oxygens (including phenoxy) is 2. The van der Waals surface area contributed by atoms with Gasteiger partial charge >= 0.3 is 0 Å². The van der Waals surface area contributed by atoms with Crippen molar-refractivity contribution in [3.8, 4) is 11.5 Å². The van der Waals surface area contributed by atoms with Gasteiger partial charge in [0.2, 0.25) is 0 Å². The van der Waals surface area contributed by atoms with Gasteiger partial charge in [-0.15, -0.1) is 11.8 Å². The summed E-state index contributed by atoms with van der Waals surface area (Å²) in [4.78, 5) is 2.47. The number of hydrogen-bond donors (Lipinski definition) is 0. The summed E-state index contributed by atoms with van der Waals surface area (Å²) < 4.78 is 11.5. The molecule has 2 aliphatic rings. The quantitative estimate of drug-likeness (QED) is 0.793. The molecule has 0 spiro atoms. The van der Waals surface area contributed by atoms with Crippen molar-refractivity contribution in [3.63, 3.8) is 0 Å². The standard InChI is InChI=1S/C19H20ClNO2S/c20-16-6-3-5-15-18(16)23-17-7-2-1-4-14(17)19(15)24-13-10-21-8-11-22-12-9-21/h1-7,19H,8-13H2. The normalized spacial score (nSPS) is 20.1. The largest absolute Gasteiger partial charge is 0.455 e. The molecular weight excluding hydrogens is 342 g/mol. The van der Waals surface area contributed by atoms with Crippen molar-refractivity contribution in [2.75, 3.05) is 38.6 Å². The predicted molar refractivity (Wildman–Crippen MR) is 99.5 cm³/mol. The van der Waals surface area contributed by atoms with Crippen LogP contribution in [-0.2, 0) is 4.74 Å². The van der Waals surface area contributed by atoms with Gasteiger partial charge in [-0.05, 0) is 12.1 Å². The van der Waals surface area contributed by atoms with Crippen LogP contribution in [0.25, 0.3) is 0 Å². The second-order valence-corrected chi connectivity index (χ2v) is 7.62. The van der Waals surface area contributed by atoms with Crippen molar-refractivity contribution in [1.29, 1.82) is 0 Å². The summed E-state index contributed by atoms with van der Waals surface area (Å²) in [6.07, 6.45) is 0. The monoisotopic (exact) mass is 361 g/mol. The number of rotatable bonds is 4. The second kappa shape index (κ2) is 7.36. The van der Waals surface area contributed by atoms with E-state index in [-0.39, 0.29) is 5.25 Å². The van der Waals surface area contributed by atoms with Crippen LogP contribution in [0.2, 0.25) is 5.02 Å². The highest BCUT2D eigenvalue weighted by Crippen LogP contribution is 2.51. The molecule has 0 N–H and O–H groups in total. The highest BCUT2D eigenvalue weighted by atomic mass is 35.5. The molecule has 2 aliphatic heterocycles. The Kier molecular flexibility index (Phi) is 4.99. The van der Waals surface area contributed by atoms with Crippen molar-refractivity contribution in [2.45, 2.75) is 5.25 Å². The van der Waals surface area contributed by atoms with Crippen LogP contribution in [0.5, 0.6) is 11.5 Å². The fourth-order valence-electron chi connectivity index (χ4n) is 3.21. The van der Waals surface area contributed by atoms with Crippen molar-refractivity contribution < 1.29 is 9.47 Å². The van der Waals surface area contributed by atoms with Gasteiger partial charge in [0.25, 0.3) is 0 Å². The van der Waals surface area contributed by atoms with Gasteiger partial charge in [0, 0.05) is 36.5 Å². The van der Waals surface area contributed by atoms with E-state index in [1.807, 2.05) is 36.0 Å². The molecule has 0 aromatic heterocycles. The molecule has 3 nitrogen and oxygen atoms in total. The lowest BCUT2D eigenvalue weighted by Crippen LogP contribution is -2.37. The van der Waals surface area contributed by atoms with Crippen LogP contribution >= 0.6 is 23.4 Å². The van der Waals surface area contributed by atoms with E-state index >= 15 is 0 Å². The molecule has 0 amide bonds. The Hall–Kier alpha value is -1.20. The predicted octanol–water partition coefficient (Wildman–Crippen LogP) is 4.60. The molecule has 0 saturated carbocycles. The molecule has 1 saturated heterocycles. The summed E-state index contributed by atoms with van der Waals surface area (Å²) in [6.45, 7) is 4.86. The minimum absolute atomic E-state index is 0.268. The summed E-state index contributed by atoms with van der Waals surface area (Å²) >= 11 is 8.34. The van der Waals surface area contributed by atoms with Gasteiger partial charge in [-0.25, -0.2) is 0 Å². The van der Waals surface area contributed by atoms with Crippen LogP contribution in [0.15, 0.2) is 42.5 Å². The zero-order chi connectivity index (χ0) is 16.4. The van der Waals surface area contributed by atoms with E-state index < -0.39 is 0 Å². The molecule has 5 heteroatoms. The summed E-state index contributed by atoms with van der Waals surface area (Å²) in [5.41, 5.74) is 2.41. The lowest BCUT2D eigenvalue weighted by molar-refractivity contribution is 0.0410. The molecule has 2 heterocycles. The fraction of sp³-hybridized carbons (Fsp3) is 0.368. The summed E-state index contributed by atoms with van der Waals surface area (Å²) in [6, 6.07) is 14.3. The first kappa shape index (κ1) is 16.3. The average molecular weight is 362 g/mol. The molecule has 1 fully saturated rings. The first-order valence-electron chi connectivity index (χ1n) is 8.30. The van der Waals surface area contributed by atoms with E-state index in [0.717, 1.165) is 50.1 Å². The molecule has 0 bridgehead atoms. The van der Waals surface area contributed by atoms with E-state index in [1.165, 1.54) is 11.1 Å². The number of thioether (sulfide) groups is 1. The van der Waals surface area contributed by atoms with Crippen LogP contribution in [0.4, 0.5) is 0 Å². The molecule has 2 aromatic rings. The van der Waals surface area contributed by atoms with E-state index in [9.17, 15) is 0 Å². The number of nitrogens with zero attached hydrogens (tertiary/aromatic N) is 1. The highest BCUT2D eigenvalue weighted by Gasteiger charge is 2.28. The first-order valence-corrected chi connectivity index (χ1v) is 9.72. The maximum Gasteiger partial charge on any atom is 0.150 e. The van der Waals surface area contributed by atoms with Crippen molar-refractivity contribution >= 4 is 23.4 Å². The average Bonchev–Trinajstić information content (AvgIpc) is 2.63. The SMILES string of the molecule is Clc1cccc2c1Oc1ccccc1C2SCCN1CCOCC1. The number of fused-ring (bicyclic) bond motifs is 2. The Morgan fingerprint density at radius 1 is 1.04 bits per heavy atom. The Labute approximate surface area is 151 Å². The van der Waals surface area contributed by atoms with Crippen LogP contribution in [-0.4, -0.2) is 43.5 Å². The van der Waals surface area contributed by atoms with Crippen LogP contribution < -0.4 is 4.74 Å². The van der Waals surface area contributed by atoms with Gasteiger partial charge in [0.1, 0.15) is 5.75 Å². The lowest BCUT2D eigenvalue weighted by Gasteiger charge is -2.30. The van der Waals surface area contributed by atoms with Gasteiger partial charge in [0.15, 0.2) is 5.75 Å². The Bertz CT molecular complexity index is 718. The number of hydrogen-bond acceptors (Lipinski definition) is 4. The van der Waals surface area contributed by atoms with E-state index in [1.54, 1.807) is 0 Å². The highest BCUT2D eigenvalue weighted by molar-refractivity contribution is 7.99. The smallest absolute Gasteiger partial charge is 0.150 e. The van der Waals surface area contributed by atoms with Gasteiger partial charge in [0.05, 0.1) is 23.5 Å². The topological polar surface area (TPSA) is 21.7 Å². The lowest BCUT2D eigenvalue weighted by atomic mass is 10.00. The second-order valence-electron chi connectivity index (χ2n) is 6.00. The van der Waals surface area contributed by atoms with Crippen LogP contribution in [0.1, 0.15) is 16.4 Å². The molecule has 4 rings (SSSR count). The molecule has 126 valence electrons.